The van der Waals surface area contributed by atoms with Gasteiger partial charge in [0.25, 0.3) is 0 Å². The molecule has 2 aromatic rings. The van der Waals surface area contributed by atoms with Gasteiger partial charge in [-0.1, -0.05) is 32.0 Å². The predicted molar refractivity (Wildman–Crippen MR) is 237 cm³/mol. The zero-order valence-corrected chi connectivity index (χ0v) is 39.8. The number of ether oxygens (including phenoxy) is 7. The van der Waals surface area contributed by atoms with Crippen molar-refractivity contribution in [3.05, 3.63) is 53.1 Å². The SMILES string of the molecule is CC1(C)CCC2OB(CCc3ccc(OC4CN(C(=NC(=O)OC(C)(C)C)c5ccccc5OC(=O)OC(C)(C)C)C4)c(C(=O)OC(C)(C)C)c3OC(=O)OC(C)(C)C)OC2(C)C1. The summed E-state index contributed by atoms with van der Waals surface area (Å²) in [5, 5.41) is 0. The third kappa shape index (κ3) is 14.1. The Labute approximate surface area is 372 Å². The Morgan fingerprint density at radius 1 is 0.762 bits per heavy atom. The lowest BCUT2D eigenvalue weighted by Gasteiger charge is -2.43. The molecule has 0 radical (unpaired) electrons. The summed E-state index contributed by atoms with van der Waals surface area (Å²) in [6.07, 6.45) is 0.119. The second kappa shape index (κ2) is 18.3. The average Bonchev–Trinajstić information content (AvgIpc) is 3.39. The van der Waals surface area contributed by atoms with Crippen LogP contribution in [0.3, 0.4) is 0 Å². The van der Waals surface area contributed by atoms with E-state index in [2.05, 4.69) is 25.8 Å². The Morgan fingerprint density at radius 2 is 1.35 bits per heavy atom. The molecule has 1 saturated carbocycles. The van der Waals surface area contributed by atoms with Crippen LogP contribution in [-0.2, 0) is 34.7 Å². The molecule has 346 valence electrons. The maximum atomic E-state index is 14.2. The quantitative estimate of drug-likeness (QED) is 0.0583. The fourth-order valence-corrected chi connectivity index (χ4v) is 7.76. The summed E-state index contributed by atoms with van der Waals surface area (Å²) in [7, 11) is -0.513. The van der Waals surface area contributed by atoms with Crippen LogP contribution in [0.4, 0.5) is 14.4 Å². The number of carbonyl (C=O) groups excluding carboxylic acids is 4. The van der Waals surface area contributed by atoms with Gasteiger partial charge in [0, 0.05) is 0 Å². The number of hydrogen-bond acceptors (Lipinski definition) is 13. The highest BCUT2D eigenvalue weighted by atomic mass is 16.7. The minimum atomic E-state index is -1.01. The average molecular weight is 879 g/mol. The lowest BCUT2D eigenvalue weighted by Crippen LogP contribution is -2.56. The first-order valence-electron chi connectivity index (χ1n) is 21.7. The van der Waals surface area contributed by atoms with Crippen molar-refractivity contribution in [3.8, 4) is 17.2 Å². The lowest BCUT2D eigenvalue weighted by atomic mass is 9.69. The monoisotopic (exact) mass is 878 g/mol. The topological polar surface area (TPSA) is 167 Å². The molecule has 3 fully saturated rings. The van der Waals surface area contributed by atoms with E-state index in [4.69, 9.17) is 42.5 Å². The first kappa shape index (κ1) is 49.2. The number of amidine groups is 1. The highest BCUT2D eigenvalue weighted by Crippen LogP contribution is 2.48. The van der Waals surface area contributed by atoms with E-state index in [-0.39, 0.29) is 53.3 Å². The third-order valence-corrected chi connectivity index (χ3v) is 10.1. The number of likely N-dealkylation sites (tertiary alicyclic amines) is 1. The van der Waals surface area contributed by atoms with Gasteiger partial charge in [0.2, 0.25) is 0 Å². The number of aliphatic imine (C=N–C) groups is 1. The van der Waals surface area contributed by atoms with Crippen molar-refractivity contribution in [1.82, 2.24) is 4.90 Å². The fraction of sp³-hybridized carbons (Fsp3) is 0.638. The fourth-order valence-electron chi connectivity index (χ4n) is 7.76. The van der Waals surface area contributed by atoms with E-state index >= 15 is 0 Å². The summed E-state index contributed by atoms with van der Waals surface area (Å²) in [6.45, 7) is 27.6. The molecule has 0 spiro atoms. The Bertz CT molecular complexity index is 2050. The number of amides is 1. The zero-order chi connectivity index (χ0) is 46.9. The molecule has 3 aliphatic rings. The van der Waals surface area contributed by atoms with Crippen LogP contribution in [0, 0.1) is 5.41 Å². The van der Waals surface area contributed by atoms with E-state index in [0.717, 1.165) is 19.3 Å². The van der Waals surface area contributed by atoms with Crippen molar-refractivity contribution in [2.45, 2.75) is 176 Å². The van der Waals surface area contributed by atoms with E-state index < -0.39 is 65.6 Å². The molecule has 5 rings (SSSR count). The largest absolute Gasteiger partial charge is 0.514 e. The Hall–Kier alpha value is -4.83. The van der Waals surface area contributed by atoms with Gasteiger partial charge in [0.1, 0.15) is 51.4 Å². The molecule has 2 aliphatic heterocycles. The minimum absolute atomic E-state index is 0.0381. The Morgan fingerprint density at radius 3 is 1.95 bits per heavy atom. The Balaban J connectivity index is 1.47. The third-order valence-electron chi connectivity index (χ3n) is 10.1. The highest BCUT2D eigenvalue weighted by Gasteiger charge is 2.53. The van der Waals surface area contributed by atoms with Gasteiger partial charge < -0.3 is 47.4 Å². The highest BCUT2D eigenvalue weighted by molar-refractivity contribution is 6.45. The zero-order valence-electron chi connectivity index (χ0n) is 39.8. The number of hydrogen-bond donors (Lipinski definition) is 0. The van der Waals surface area contributed by atoms with Gasteiger partial charge in [0.05, 0.1) is 30.4 Å². The van der Waals surface area contributed by atoms with Crippen LogP contribution >= 0.6 is 0 Å². The van der Waals surface area contributed by atoms with Crippen molar-refractivity contribution in [2.75, 3.05) is 13.1 Å². The van der Waals surface area contributed by atoms with E-state index in [0.29, 0.717) is 23.9 Å². The smallest absolute Gasteiger partial charge is 0.486 e. The molecule has 63 heavy (non-hydrogen) atoms. The number of esters is 1. The van der Waals surface area contributed by atoms with Gasteiger partial charge in [-0.15, -0.1) is 0 Å². The summed E-state index contributed by atoms with van der Waals surface area (Å²) in [5.74, 6) is -0.465. The second-order valence-electron chi connectivity index (χ2n) is 21.5. The molecule has 0 N–H and O–H groups in total. The normalized spacial score (nSPS) is 20.6. The van der Waals surface area contributed by atoms with Gasteiger partial charge >= 0.3 is 31.5 Å². The van der Waals surface area contributed by atoms with Gasteiger partial charge in [-0.2, -0.15) is 4.99 Å². The molecule has 1 aliphatic carbocycles. The Kier molecular flexibility index (Phi) is 14.3. The molecular formula is C47H67BN2O13. The van der Waals surface area contributed by atoms with Crippen molar-refractivity contribution in [1.29, 1.82) is 0 Å². The van der Waals surface area contributed by atoms with Crippen LogP contribution in [0.2, 0.25) is 6.32 Å². The van der Waals surface area contributed by atoms with E-state index in [1.165, 1.54) is 0 Å². The van der Waals surface area contributed by atoms with Gasteiger partial charge in [0.15, 0.2) is 5.75 Å². The van der Waals surface area contributed by atoms with E-state index in [9.17, 15) is 19.2 Å². The first-order valence-corrected chi connectivity index (χ1v) is 21.7. The van der Waals surface area contributed by atoms with Crippen LogP contribution in [-0.4, -0.2) is 95.5 Å². The number of aryl methyl sites for hydroxylation is 1. The minimum Gasteiger partial charge on any atom is -0.486 e. The van der Waals surface area contributed by atoms with Crippen molar-refractivity contribution < 1.29 is 61.6 Å². The van der Waals surface area contributed by atoms with Crippen LogP contribution in [0.5, 0.6) is 17.2 Å². The molecule has 2 unspecified atom stereocenters. The number of para-hydroxylation sites is 1. The summed E-state index contributed by atoms with van der Waals surface area (Å²) in [5.41, 5.74) is -3.03. The number of benzene rings is 2. The summed E-state index contributed by atoms with van der Waals surface area (Å²) < 4.78 is 53.4. The lowest BCUT2D eigenvalue weighted by molar-refractivity contribution is -0.0298. The van der Waals surface area contributed by atoms with E-state index in [1.54, 1.807) is 124 Å². The first-order chi connectivity index (χ1) is 28.9. The standard InChI is InChI=1S/C47H67BN2O13/c1-42(2,3)58-38(51)35-33(21-20-29(36(35)57-41(54)61-45(10,11)12)23-25-48-62-34-22-24-46(13,14)28-47(34,15)63-48)55-30-26-50(27-30)37(49-39(52)59-43(4,5)6)31-18-16-17-19-32(31)56-40(53)60-44(7,8)9/h16-21,30,34H,22-28H2,1-15H3. The van der Waals surface area contributed by atoms with Crippen molar-refractivity contribution >= 4 is 37.3 Å². The van der Waals surface area contributed by atoms with Gasteiger partial charge in [-0.3, -0.25) is 0 Å². The number of rotatable bonds is 9. The van der Waals surface area contributed by atoms with Crippen molar-refractivity contribution in [3.63, 3.8) is 0 Å². The molecule has 15 nitrogen and oxygen atoms in total. The van der Waals surface area contributed by atoms with Crippen LogP contribution in [0.25, 0.3) is 0 Å². The number of nitrogens with zero attached hydrogens (tertiary/aromatic N) is 2. The second-order valence-corrected chi connectivity index (χ2v) is 21.5. The predicted octanol–water partition coefficient (Wildman–Crippen LogP) is 10.1. The molecule has 16 heteroatoms. The molecule has 2 aromatic carbocycles. The summed E-state index contributed by atoms with van der Waals surface area (Å²) in [4.78, 5) is 59.7. The van der Waals surface area contributed by atoms with Gasteiger partial charge in [-0.05, 0) is 151 Å². The maximum Gasteiger partial charge on any atom is 0.514 e. The van der Waals surface area contributed by atoms with Crippen molar-refractivity contribution in [2.24, 2.45) is 10.4 Å². The van der Waals surface area contributed by atoms with Crippen LogP contribution in [0.1, 0.15) is 145 Å². The summed E-state index contributed by atoms with van der Waals surface area (Å²) in [6, 6.07) is 10.0. The van der Waals surface area contributed by atoms with Gasteiger partial charge in [-0.25, -0.2) is 19.2 Å². The molecule has 2 saturated heterocycles. The summed E-state index contributed by atoms with van der Waals surface area (Å²) >= 11 is 0. The van der Waals surface area contributed by atoms with Crippen LogP contribution < -0.4 is 14.2 Å². The molecule has 2 atom stereocenters. The number of carbonyl (C=O) groups is 4. The van der Waals surface area contributed by atoms with Crippen LogP contribution in [0.15, 0.2) is 41.4 Å². The molecule has 0 aromatic heterocycles. The maximum absolute atomic E-state index is 14.2. The van der Waals surface area contributed by atoms with E-state index in [1.807, 2.05) is 0 Å². The number of fused-ring (bicyclic) bond motifs is 1. The molecule has 1 amide bonds. The molecular weight excluding hydrogens is 811 g/mol. The molecule has 2 heterocycles. The molecule has 0 bridgehead atoms.